The van der Waals surface area contributed by atoms with Crippen molar-refractivity contribution in [2.24, 2.45) is 0 Å². The van der Waals surface area contributed by atoms with Crippen molar-refractivity contribution in [3.05, 3.63) is 60.2 Å². The van der Waals surface area contributed by atoms with E-state index in [1.165, 1.54) is 6.42 Å². The molecule has 0 aliphatic carbocycles. The van der Waals surface area contributed by atoms with E-state index in [1.807, 2.05) is 59.3 Å². The monoisotopic (exact) mass is 351 g/mol. The van der Waals surface area contributed by atoms with Gasteiger partial charge in [0.15, 0.2) is 0 Å². The molecular weight excluding hydrogens is 326 g/mol. The van der Waals surface area contributed by atoms with E-state index < -0.39 is 0 Å². The van der Waals surface area contributed by atoms with Crippen LogP contribution >= 0.6 is 0 Å². The number of likely N-dealkylation sites (N-methyl/N-ethyl adjacent to an activating group) is 1. The Morgan fingerprint density at radius 3 is 2.35 bits per heavy atom. The highest BCUT2D eigenvalue weighted by Crippen LogP contribution is 2.20. The molecule has 0 unspecified atom stereocenters. The maximum absolute atomic E-state index is 12.8. The second-order valence-electron chi connectivity index (χ2n) is 6.64. The van der Waals surface area contributed by atoms with Crippen LogP contribution in [0.2, 0.25) is 0 Å². The number of nitrogens with zero attached hydrogens (tertiary/aromatic N) is 2. The van der Waals surface area contributed by atoms with Crippen LogP contribution in [0, 0.1) is 0 Å². The van der Waals surface area contributed by atoms with E-state index in [9.17, 15) is 9.59 Å². The van der Waals surface area contributed by atoms with Gasteiger partial charge in [-0.1, -0.05) is 30.3 Å². The Bertz CT molecular complexity index is 755. The number of likely N-dealkylation sites (tertiary alicyclic amines) is 1. The van der Waals surface area contributed by atoms with Crippen molar-refractivity contribution in [3.63, 3.8) is 0 Å². The molecule has 0 spiro atoms. The zero-order valence-electron chi connectivity index (χ0n) is 15.1. The van der Waals surface area contributed by atoms with Crippen molar-refractivity contribution in [2.45, 2.75) is 19.3 Å². The number of para-hydroxylation sites is 2. The first kappa shape index (κ1) is 18.0. The van der Waals surface area contributed by atoms with E-state index >= 15 is 0 Å². The Labute approximate surface area is 154 Å². The van der Waals surface area contributed by atoms with Gasteiger partial charge >= 0.3 is 0 Å². The second kappa shape index (κ2) is 8.52. The van der Waals surface area contributed by atoms with E-state index in [0.29, 0.717) is 11.3 Å². The normalized spacial score (nSPS) is 14.0. The highest BCUT2D eigenvalue weighted by atomic mass is 16.2. The molecule has 0 aromatic heterocycles. The number of nitrogens with one attached hydrogen (secondary N) is 1. The summed E-state index contributed by atoms with van der Waals surface area (Å²) in [6.07, 6.45) is 3.26. The van der Waals surface area contributed by atoms with Crippen molar-refractivity contribution >= 4 is 23.2 Å². The molecule has 1 heterocycles. The molecule has 0 bridgehead atoms. The summed E-state index contributed by atoms with van der Waals surface area (Å²) >= 11 is 0. The van der Waals surface area contributed by atoms with Gasteiger partial charge in [0.1, 0.15) is 0 Å². The quantitative estimate of drug-likeness (QED) is 0.898. The number of benzene rings is 2. The SMILES string of the molecule is CN(CC(=O)Nc1ccccc1C(=O)N1CCCCC1)c1ccccc1. The zero-order valence-corrected chi connectivity index (χ0v) is 15.1. The van der Waals surface area contributed by atoms with Crippen LogP contribution in [0.5, 0.6) is 0 Å². The standard InChI is InChI=1S/C21H25N3O2/c1-23(17-10-4-2-5-11-17)16-20(25)22-19-13-7-6-12-18(19)21(26)24-14-8-3-9-15-24/h2,4-7,10-13H,3,8-9,14-16H2,1H3,(H,22,25). The third kappa shape index (κ3) is 4.42. The minimum atomic E-state index is -0.143. The van der Waals surface area contributed by atoms with Crippen molar-refractivity contribution in [1.29, 1.82) is 0 Å². The van der Waals surface area contributed by atoms with Gasteiger partial charge in [-0.25, -0.2) is 0 Å². The van der Waals surface area contributed by atoms with Crippen LogP contribution in [0.25, 0.3) is 0 Å². The van der Waals surface area contributed by atoms with Gasteiger partial charge in [-0.05, 0) is 43.5 Å². The Morgan fingerprint density at radius 2 is 1.62 bits per heavy atom. The molecule has 1 saturated heterocycles. The summed E-state index contributed by atoms with van der Waals surface area (Å²) in [5.74, 6) is -0.146. The number of anilines is 2. The molecule has 26 heavy (non-hydrogen) atoms. The highest BCUT2D eigenvalue weighted by Gasteiger charge is 2.21. The minimum absolute atomic E-state index is 0.00276. The largest absolute Gasteiger partial charge is 0.365 e. The number of hydrogen-bond donors (Lipinski definition) is 1. The fourth-order valence-corrected chi connectivity index (χ4v) is 3.22. The molecule has 1 aliphatic rings. The average molecular weight is 351 g/mol. The molecule has 3 rings (SSSR count). The van der Waals surface area contributed by atoms with E-state index in [2.05, 4.69) is 5.32 Å². The van der Waals surface area contributed by atoms with Gasteiger partial charge in [0.25, 0.3) is 5.91 Å². The van der Waals surface area contributed by atoms with Crippen LogP contribution < -0.4 is 10.2 Å². The first-order chi connectivity index (χ1) is 12.6. The number of rotatable bonds is 5. The van der Waals surface area contributed by atoms with Crippen LogP contribution in [0.15, 0.2) is 54.6 Å². The lowest BCUT2D eigenvalue weighted by molar-refractivity contribution is -0.114. The van der Waals surface area contributed by atoms with Crippen LogP contribution in [0.4, 0.5) is 11.4 Å². The summed E-state index contributed by atoms with van der Waals surface area (Å²) in [4.78, 5) is 29.0. The van der Waals surface area contributed by atoms with Gasteiger partial charge in [-0.2, -0.15) is 0 Å². The summed E-state index contributed by atoms with van der Waals surface area (Å²) in [6.45, 7) is 1.80. The van der Waals surface area contributed by atoms with Gasteiger partial charge in [0.05, 0.1) is 17.8 Å². The van der Waals surface area contributed by atoms with Crippen molar-refractivity contribution < 1.29 is 9.59 Å². The fraction of sp³-hybridized carbons (Fsp3) is 0.333. The van der Waals surface area contributed by atoms with Crippen LogP contribution in [0.1, 0.15) is 29.6 Å². The summed E-state index contributed by atoms with van der Waals surface area (Å²) in [5, 5.41) is 2.90. The summed E-state index contributed by atoms with van der Waals surface area (Å²) in [6, 6.07) is 17.0. The Morgan fingerprint density at radius 1 is 0.962 bits per heavy atom. The lowest BCUT2D eigenvalue weighted by Gasteiger charge is -2.27. The number of carbonyl (C=O) groups excluding carboxylic acids is 2. The van der Waals surface area contributed by atoms with Gasteiger partial charge in [0, 0.05) is 25.8 Å². The van der Waals surface area contributed by atoms with Gasteiger partial charge in [-0.3, -0.25) is 9.59 Å². The zero-order chi connectivity index (χ0) is 18.4. The number of piperidine rings is 1. The number of carbonyl (C=O) groups is 2. The Balaban J connectivity index is 1.67. The summed E-state index contributed by atoms with van der Waals surface area (Å²) < 4.78 is 0. The molecular formula is C21H25N3O2. The summed E-state index contributed by atoms with van der Waals surface area (Å²) in [5.41, 5.74) is 2.11. The van der Waals surface area contributed by atoms with Crippen LogP contribution in [-0.4, -0.2) is 43.4 Å². The van der Waals surface area contributed by atoms with E-state index in [1.54, 1.807) is 12.1 Å². The molecule has 1 aliphatic heterocycles. The lowest BCUT2D eigenvalue weighted by atomic mass is 10.1. The maximum Gasteiger partial charge on any atom is 0.255 e. The summed E-state index contributed by atoms with van der Waals surface area (Å²) in [7, 11) is 1.87. The Hall–Kier alpha value is -2.82. The van der Waals surface area contributed by atoms with E-state index in [4.69, 9.17) is 0 Å². The first-order valence-corrected chi connectivity index (χ1v) is 9.09. The smallest absolute Gasteiger partial charge is 0.255 e. The van der Waals surface area contributed by atoms with E-state index in [-0.39, 0.29) is 18.4 Å². The molecule has 2 aromatic rings. The van der Waals surface area contributed by atoms with Gasteiger partial charge in [0.2, 0.25) is 5.91 Å². The molecule has 2 aromatic carbocycles. The molecule has 2 amide bonds. The fourth-order valence-electron chi connectivity index (χ4n) is 3.22. The average Bonchev–Trinajstić information content (AvgIpc) is 2.69. The van der Waals surface area contributed by atoms with Gasteiger partial charge in [-0.15, -0.1) is 0 Å². The maximum atomic E-state index is 12.8. The predicted octanol–water partition coefficient (Wildman–Crippen LogP) is 3.39. The minimum Gasteiger partial charge on any atom is -0.365 e. The number of amides is 2. The first-order valence-electron chi connectivity index (χ1n) is 9.09. The highest BCUT2D eigenvalue weighted by molar-refractivity contribution is 6.04. The molecule has 0 radical (unpaired) electrons. The van der Waals surface area contributed by atoms with Crippen molar-refractivity contribution in [2.75, 3.05) is 36.9 Å². The van der Waals surface area contributed by atoms with Crippen LogP contribution in [-0.2, 0) is 4.79 Å². The molecule has 136 valence electrons. The van der Waals surface area contributed by atoms with Crippen molar-refractivity contribution in [1.82, 2.24) is 4.90 Å². The third-order valence-electron chi connectivity index (χ3n) is 4.65. The lowest BCUT2D eigenvalue weighted by Crippen LogP contribution is -2.36. The second-order valence-corrected chi connectivity index (χ2v) is 6.64. The predicted molar refractivity (Wildman–Crippen MR) is 105 cm³/mol. The molecule has 5 nitrogen and oxygen atoms in total. The van der Waals surface area contributed by atoms with Gasteiger partial charge < -0.3 is 15.1 Å². The molecule has 5 heteroatoms. The molecule has 0 saturated carbocycles. The molecule has 1 N–H and O–H groups in total. The Kier molecular flexibility index (Phi) is 5.89. The molecule has 0 atom stereocenters. The van der Waals surface area contributed by atoms with Crippen molar-refractivity contribution in [3.8, 4) is 0 Å². The van der Waals surface area contributed by atoms with Crippen LogP contribution in [0.3, 0.4) is 0 Å². The van der Waals surface area contributed by atoms with E-state index in [0.717, 1.165) is 31.6 Å². The molecule has 1 fully saturated rings. The third-order valence-corrected chi connectivity index (χ3v) is 4.65. The number of hydrogen-bond acceptors (Lipinski definition) is 3. The topological polar surface area (TPSA) is 52.7 Å².